The minimum absolute atomic E-state index is 0.0558. The zero-order chi connectivity index (χ0) is 24.5. The Kier molecular flexibility index (Phi) is 8.03. The van der Waals surface area contributed by atoms with Gasteiger partial charge in [-0.15, -0.1) is 0 Å². The van der Waals surface area contributed by atoms with Crippen molar-refractivity contribution in [1.29, 1.82) is 0 Å². The smallest absolute Gasteiger partial charge is 0.338 e. The molecule has 0 radical (unpaired) electrons. The Bertz CT molecular complexity index is 1140. The van der Waals surface area contributed by atoms with E-state index >= 15 is 0 Å². The standard InChI is InChI=1S/C29H30N2O4/c32-26(25-11-6-18-30-21-25)20-29(16-17-29)28(34)35-31-27(33)19-24-14-12-23(13-15-24)10-5-4-9-22-7-2-1-3-8-22/h1-3,6-8,11-15,18,21H,4-5,9-10,16-17,19-20H2,(H,31,33). The van der Waals surface area contributed by atoms with Crippen molar-refractivity contribution in [2.75, 3.05) is 0 Å². The molecule has 2 aromatic carbocycles. The van der Waals surface area contributed by atoms with Crippen LogP contribution in [0.3, 0.4) is 0 Å². The average molecular weight is 471 g/mol. The number of carbonyl (C=O) groups is 3. The second-order valence-corrected chi connectivity index (χ2v) is 9.22. The Labute approximate surface area is 205 Å². The normalized spacial score (nSPS) is 13.6. The van der Waals surface area contributed by atoms with Gasteiger partial charge in [-0.2, -0.15) is 5.48 Å². The maximum atomic E-state index is 12.5. The van der Waals surface area contributed by atoms with Gasteiger partial charge in [0.05, 0.1) is 11.8 Å². The summed E-state index contributed by atoms with van der Waals surface area (Å²) in [7, 11) is 0. The summed E-state index contributed by atoms with van der Waals surface area (Å²) in [5.41, 5.74) is 5.32. The number of aromatic nitrogens is 1. The molecule has 6 heteroatoms. The van der Waals surface area contributed by atoms with Gasteiger partial charge in [-0.3, -0.25) is 14.6 Å². The molecule has 35 heavy (non-hydrogen) atoms. The summed E-state index contributed by atoms with van der Waals surface area (Å²) < 4.78 is 0. The Hall–Kier alpha value is -3.80. The van der Waals surface area contributed by atoms with Gasteiger partial charge in [-0.1, -0.05) is 54.6 Å². The lowest BCUT2D eigenvalue weighted by atomic mass is 9.96. The molecule has 0 unspecified atom stereocenters. The van der Waals surface area contributed by atoms with E-state index in [-0.39, 0.29) is 18.6 Å². The van der Waals surface area contributed by atoms with Gasteiger partial charge in [0.1, 0.15) is 0 Å². The van der Waals surface area contributed by atoms with Crippen LogP contribution in [0.2, 0.25) is 0 Å². The minimum Gasteiger partial charge on any atom is -0.340 e. The lowest BCUT2D eigenvalue weighted by Gasteiger charge is -2.13. The fraction of sp³-hybridized carbons (Fsp3) is 0.310. The van der Waals surface area contributed by atoms with Crippen LogP contribution in [0.25, 0.3) is 0 Å². The van der Waals surface area contributed by atoms with E-state index in [1.807, 2.05) is 30.3 Å². The molecule has 3 aromatic rings. The highest BCUT2D eigenvalue weighted by atomic mass is 16.7. The van der Waals surface area contributed by atoms with Gasteiger partial charge in [0.25, 0.3) is 5.91 Å². The number of unbranched alkanes of at least 4 members (excludes halogenated alkanes) is 1. The molecule has 1 fully saturated rings. The van der Waals surface area contributed by atoms with E-state index in [1.165, 1.54) is 17.3 Å². The highest BCUT2D eigenvalue weighted by Crippen LogP contribution is 2.50. The van der Waals surface area contributed by atoms with E-state index in [0.29, 0.717) is 18.4 Å². The van der Waals surface area contributed by atoms with Crippen LogP contribution >= 0.6 is 0 Å². The molecule has 1 aromatic heterocycles. The van der Waals surface area contributed by atoms with Gasteiger partial charge >= 0.3 is 5.97 Å². The van der Waals surface area contributed by atoms with Crippen molar-refractivity contribution in [3.63, 3.8) is 0 Å². The quantitative estimate of drug-likeness (QED) is 0.247. The Morgan fingerprint density at radius 1 is 0.829 bits per heavy atom. The first-order chi connectivity index (χ1) is 17.0. The van der Waals surface area contributed by atoms with E-state index < -0.39 is 17.3 Å². The maximum Gasteiger partial charge on any atom is 0.338 e. The van der Waals surface area contributed by atoms with E-state index in [9.17, 15) is 14.4 Å². The van der Waals surface area contributed by atoms with Crippen LogP contribution < -0.4 is 5.48 Å². The summed E-state index contributed by atoms with van der Waals surface area (Å²) in [5.74, 6) is -1.11. The van der Waals surface area contributed by atoms with Crippen molar-refractivity contribution < 1.29 is 19.2 Å². The molecule has 1 saturated carbocycles. The Morgan fingerprint density at radius 3 is 2.11 bits per heavy atom. The molecule has 0 atom stereocenters. The van der Waals surface area contributed by atoms with Gasteiger partial charge in [-0.05, 0) is 67.3 Å². The number of ketones is 1. The van der Waals surface area contributed by atoms with Crippen LogP contribution in [-0.4, -0.2) is 22.6 Å². The number of hydrogen-bond donors (Lipinski definition) is 1. The first kappa shape index (κ1) is 24.3. The van der Waals surface area contributed by atoms with Gasteiger partial charge in [-0.25, -0.2) is 4.79 Å². The first-order valence-corrected chi connectivity index (χ1v) is 12.1. The number of pyridine rings is 1. The van der Waals surface area contributed by atoms with Crippen molar-refractivity contribution in [1.82, 2.24) is 10.5 Å². The molecule has 180 valence electrons. The van der Waals surface area contributed by atoms with E-state index in [1.54, 1.807) is 18.3 Å². The number of aryl methyl sites for hydroxylation is 2. The monoisotopic (exact) mass is 470 g/mol. The predicted molar refractivity (Wildman–Crippen MR) is 132 cm³/mol. The van der Waals surface area contributed by atoms with Crippen molar-refractivity contribution >= 4 is 17.7 Å². The molecule has 1 N–H and O–H groups in total. The number of rotatable bonds is 11. The third-order valence-electron chi connectivity index (χ3n) is 6.44. The highest BCUT2D eigenvalue weighted by molar-refractivity contribution is 5.99. The fourth-order valence-electron chi connectivity index (χ4n) is 4.10. The lowest BCUT2D eigenvalue weighted by Crippen LogP contribution is -2.33. The molecule has 0 aliphatic heterocycles. The SMILES string of the molecule is O=C(Cc1ccc(CCCCc2ccccc2)cc1)NOC(=O)C1(CC(=O)c2cccnc2)CC1. The lowest BCUT2D eigenvalue weighted by molar-refractivity contribution is -0.163. The van der Waals surface area contributed by atoms with Crippen LogP contribution in [-0.2, 0) is 33.7 Å². The summed E-state index contributed by atoms with van der Waals surface area (Å²) in [6.45, 7) is 0. The molecular formula is C29H30N2O4. The van der Waals surface area contributed by atoms with Crippen molar-refractivity contribution in [3.8, 4) is 0 Å². The van der Waals surface area contributed by atoms with Gasteiger partial charge in [0.15, 0.2) is 5.78 Å². The van der Waals surface area contributed by atoms with Gasteiger partial charge < -0.3 is 4.84 Å². The van der Waals surface area contributed by atoms with E-state index in [0.717, 1.165) is 31.2 Å². The molecule has 4 rings (SSSR count). The molecule has 1 heterocycles. The number of nitrogens with zero attached hydrogens (tertiary/aromatic N) is 1. The number of Topliss-reactive ketones (excluding diaryl/α,β-unsaturated/α-hetero) is 1. The number of amides is 1. The van der Waals surface area contributed by atoms with Crippen molar-refractivity contribution in [2.45, 2.75) is 51.4 Å². The summed E-state index contributed by atoms with van der Waals surface area (Å²) in [4.78, 5) is 46.2. The van der Waals surface area contributed by atoms with Crippen LogP contribution in [0.15, 0.2) is 79.1 Å². The molecule has 0 spiro atoms. The molecule has 0 bridgehead atoms. The summed E-state index contributed by atoms with van der Waals surface area (Å²) in [6.07, 6.45) is 8.71. The number of hydrogen-bond acceptors (Lipinski definition) is 5. The minimum atomic E-state index is -0.845. The molecular weight excluding hydrogens is 440 g/mol. The molecule has 1 amide bonds. The molecule has 6 nitrogen and oxygen atoms in total. The summed E-state index contributed by atoms with van der Waals surface area (Å²) in [6, 6.07) is 21.8. The second-order valence-electron chi connectivity index (χ2n) is 9.22. The summed E-state index contributed by atoms with van der Waals surface area (Å²) >= 11 is 0. The predicted octanol–water partition coefficient (Wildman–Crippen LogP) is 4.82. The van der Waals surface area contributed by atoms with Crippen LogP contribution in [0.1, 0.15) is 59.2 Å². The van der Waals surface area contributed by atoms with Crippen LogP contribution in [0.4, 0.5) is 0 Å². The summed E-state index contributed by atoms with van der Waals surface area (Å²) in [5, 5.41) is 0. The zero-order valence-electron chi connectivity index (χ0n) is 19.7. The number of nitrogens with one attached hydrogen (secondary N) is 1. The molecule has 0 saturated heterocycles. The maximum absolute atomic E-state index is 12.5. The zero-order valence-corrected chi connectivity index (χ0v) is 19.7. The number of carbonyl (C=O) groups excluding carboxylic acids is 3. The van der Waals surface area contributed by atoms with Crippen molar-refractivity contribution in [3.05, 3.63) is 101 Å². The van der Waals surface area contributed by atoms with Gasteiger partial charge in [0, 0.05) is 24.4 Å². The van der Waals surface area contributed by atoms with Gasteiger partial charge in [0.2, 0.25) is 0 Å². The second kappa shape index (κ2) is 11.6. The highest BCUT2D eigenvalue weighted by Gasteiger charge is 2.53. The van der Waals surface area contributed by atoms with Crippen LogP contribution in [0.5, 0.6) is 0 Å². The van der Waals surface area contributed by atoms with Crippen molar-refractivity contribution in [2.24, 2.45) is 5.41 Å². The van der Waals surface area contributed by atoms with Crippen LogP contribution in [0, 0.1) is 5.41 Å². The molecule has 1 aliphatic rings. The third kappa shape index (κ3) is 7.09. The molecule has 1 aliphatic carbocycles. The largest absolute Gasteiger partial charge is 0.340 e. The van der Waals surface area contributed by atoms with E-state index in [4.69, 9.17) is 4.84 Å². The number of benzene rings is 2. The third-order valence-corrected chi connectivity index (χ3v) is 6.44. The Morgan fingerprint density at radius 2 is 1.49 bits per heavy atom. The fourth-order valence-corrected chi connectivity index (χ4v) is 4.10. The topological polar surface area (TPSA) is 85.4 Å². The Balaban J connectivity index is 1.16. The average Bonchev–Trinajstić information content (AvgIpc) is 3.68. The number of hydroxylamine groups is 1. The van der Waals surface area contributed by atoms with E-state index in [2.05, 4.69) is 34.7 Å². The first-order valence-electron chi connectivity index (χ1n) is 12.1.